The number of ether oxygens (including phenoxy) is 1. The first-order valence-corrected chi connectivity index (χ1v) is 8.45. The van der Waals surface area contributed by atoms with Crippen molar-refractivity contribution < 1.29 is 9.53 Å². The molecule has 5 heteroatoms. The Kier molecular flexibility index (Phi) is 6.85. The molecule has 3 rings (SSSR count). The third kappa shape index (κ3) is 5.21. The fraction of sp³-hybridized carbons (Fsp3) is 0.350. The van der Waals surface area contributed by atoms with E-state index in [-0.39, 0.29) is 24.5 Å². The van der Waals surface area contributed by atoms with Crippen LogP contribution in [0.1, 0.15) is 34.3 Å². The first kappa shape index (κ1) is 19.3. The number of halogens is 1. The molecule has 1 aliphatic heterocycles. The van der Waals surface area contributed by atoms with Crippen molar-refractivity contribution in [2.45, 2.75) is 32.4 Å². The van der Waals surface area contributed by atoms with E-state index in [0.717, 1.165) is 38.0 Å². The Morgan fingerprint density at radius 2 is 1.84 bits per heavy atom. The SMILES string of the molecule is Cc1ccc(C(=O)OC2CCN(Cc3ccccc3)CC2)c(N)c1.Cl. The average molecular weight is 361 g/mol. The van der Waals surface area contributed by atoms with Crippen molar-refractivity contribution in [3.8, 4) is 0 Å². The summed E-state index contributed by atoms with van der Waals surface area (Å²) in [5.74, 6) is -0.311. The number of nitrogen functional groups attached to an aromatic ring is 1. The van der Waals surface area contributed by atoms with Gasteiger partial charge in [0.1, 0.15) is 6.10 Å². The molecule has 0 bridgehead atoms. The highest BCUT2D eigenvalue weighted by molar-refractivity contribution is 5.95. The standard InChI is InChI=1S/C20H24N2O2.ClH/c1-15-7-8-18(19(21)13-15)20(23)24-17-9-11-22(12-10-17)14-16-5-3-2-4-6-16;/h2-8,13,17H,9-12,14,21H2,1H3;1H. The van der Waals surface area contributed by atoms with Crippen molar-refractivity contribution in [1.29, 1.82) is 0 Å². The summed E-state index contributed by atoms with van der Waals surface area (Å²) < 4.78 is 5.65. The maximum absolute atomic E-state index is 12.3. The van der Waals surface area contributed by atoms with E-state index < -0.39 is 0 Å². The first-order valence-electron chi connectivity index (χ1n) is 8.45. The Morgan fingerprint density at radius 1 is 1.16 bits per heavy atom. The zero-order valence-electron chi connectivity index (χ0n) is 14.5. The van der Waals surface area contributed by atoms with Gasteiger partial charge in [0.05, 0.1) is 5.56 Å². The van der Waals surface area contributed by atoms with Crippen LogP contribution >= 0.6 is 12.4 Å². The van der Waals surface area contributed by atoms with Gasteiger partial charge in [-0.15, -0.1) is 12.4 Å². The fourth-order valence-corrected chi connectivity index (χ4v) is 3.11. The average Bonchev–Trinajstić information content (AvgIpc) is 2.57. The Morgan fingerprint density at radius 3 is 2.48 bits per heavy atom. The number of hydrogen-bond acceptors (Lipinski definition) is 4. The molecule has 2 N–H and O–H groups in total. The van der Waals surface area contributed by atoms with Crippen LogP contribution in [0.25, 0.3) is 0 Å². The number of aryl methyl sites for hydroxylation is 1. The molecule has 0 unspecified atom stereocenters. The quantitative estimate of drug-likeness (QED) is 0.665. The molecule has 0 aromatic heterocycles. The molecule has 134 valence electrons. The Bertz CT molecular complexity index is 698. The molecule has 25 heavy (non-hydrogen) atoms. The monoisotopic (exact) mass is 360 g/mol. The lowest BCUT2D eigenvalue weighted by atomic mass is 10.1. The summed E-state index contributed by atoms with van der Waals surface area (Å²) in [5.41, 5.74) is 9.24. The number of anilines is 1. The van der Waals surface area contributed by atoms with Gasteiger partial charge in [-0.25, -0.2) is 4.79 Å². The van der Waals surface area contributed by atoms with Gasteiger partial charge in [-0.1, -0.05) is 36.4 Å². The number of benzene rings is 2. The molecule has 0 saturated carbocycles. The normalized spacial score (nSPS) is 15.4. The Hall–Kier alpha value is -2.04. The second-order valence-corrected chi connectivity index (χ2v) is 6.46. The van der Waals surface area contributed by atoms with Gasteiger partial charge in [0.2, 0.25) is 0 Å². The minimum Gasteiger partial charge on any atom is -0.459 e. The summed E-state index contributed by atoms with van der Waals surface area (Å²) >= 11 is 0. The van der Waals surface area contributed by atoms with Crippen LogP contribution in [-0.2, 0) is 11.3 Å². The van der Waals surface area contributed by atoms with Gasteiger partial charge in [0.25, 0.3) is 0 Å². The van der Waals surface area contributed by atoms with E-state index in [9.17, 15) is 4.79 Å². The Labute approximate surface area is 155 Å². The maximum Gasteiger partial charge on any atom is 0.340 e. The fourth-order valence-electron chi connectivity index (χ4n) is 3.11. The molecule has 1 heterocycles. The van der Waals surface area contributed by atoms with Gasteiger partial charge in [-0.2, -0.15) is 0 Å². The number of carbonyl (C=O) groups excluding carboxylic acids is 1. The van der Waals surface area contributed by atoms with Crippen LogP contribution in [0, 0.1) is 6.92 Å². The van der Waals surface area contributed by atoms with Crippen LogP contribution in [-0.4, -0.2) is 30.1 Å². The van der Waals surface area contributed by atoms with E-state index in [1.807, 2.05) is 19.1 Å². The smallest absolute Gasteiger partial charge is 0.340 e. The second-order valence-electron chi connectivity index (χ2n) is 6.46. The molecule has 0 spiro atoms. The number of esters is 1. The zero-order chi connectivity index (χ0) is 16.9. The van der Waals surface area contributed by atoms with Gasteiger partial charge in [0.15, 0.2) is 0 Å². The van der Waals surface area contributed by atoms with Crippen molar-refractivity contribution in [3.63, 3.8) is 0 Å². The molecular formula is C20H25ClN2O2. The van der Waals surface area contributed by atoms with Crippen molar-refractivity contribution >= 4 is 24.1 Å². The van der Waals surface area contributed by atoms with Crippen LogP contribution in [0.4, 0.5) is 5.69 Å². The minimum atomic E-state index is -0.311. The van der Waals surface area contributed by atoms with Gasteiger partial charge in [-0.3, -0.25) is 4.90 Å². The number of nitrogens with zero attached hydrogens (tertiary/aromatic N) is 1. The molecular weight excluding hydrogens is 336 g/mol. The summed E-state index contributed by atoms with van der Waals surface area (Å²) in [6, 6.07) is 15.9. The van der Waals surface area contributed by atoms with E-state index in [1.54, 1.807) is 12.1 Å². The predicted octanol–water partition coefficient (Wildman–Crippen LogP) is 3.82. The summed E-state index contributed by atoms with van der Waals surface area (Å²) in [4.78, 5) is 14.7. The van der Waals surface area contributed by atoms with Gasteiger partial charge >= 0.3 is 5.97 Å². The highest BCUT2D eigenvalue weighted by atomic mass is 35.5. The van der Waals surface area contributed by atoms with Crippen molar-refractivity contribution in [1.82, 2.24) is 4.90 Å². The molecule has 1 aliphatic rings. The topological polar surface area (TPSA) is 55.6 Å². The maximum atomic E-state index is 12.3. The van der Waals surface area contributed by atoms with E-state index in [2.05, 4.69) is 29.2 Å². The van der Waals surface area contributed by atoms with Crippen LogP contribution in [0.15, 0.2) is 48.5 Å². The summed E-state index contributed by atoms with van der Waals surface area (Å²) in [6.07, 6.45) is 1.71. The zero-order valence-corrected chi connectivity index (χ0v) is 15.3. The highest BCUT2D eigenvalue weighted by Crippen LogP contribution is 2.20. The Balaban J connectivity index is 0.00000225. The number of carbonyl (C=O) groups is 1. The number of piperidine rings is 1. The highest BCUT2D eigenvalue weighted by Gasteiger charge is 2.23. The van der Waals surface area contributed by atoms with E-state index in [0.29, 0.717) is 11.3 Å². The van der Waals surface area contributed by atoms with Crippen LogP contribution in [0.3, 0.4) is 0 Å². The molecule has 0 atom stereocenters. The number of hydrogen-bond donors (Lipinski definition) is 1. The molecule has 1 saturated heterocycles. The number of nitrogens with two attached hydrogens (primary N) is 1. The molecule has 0 amide bonds. The predicted molar refractivity (Wildman–Crippen MR) is 103 cm³/mol. The van der Waals surface area contributed by atoms with E-state index in [1.165, 1.54) is 5.56 Å². The van der Waals surface area contributed by atoms with Crippen molar-refractivity contribution in [3.05, 3.63) is 65.2 Å². The summed E-state index contributed by atoms with van der Waals surface area (Å²) in [6.45, 7) is 4.78. The van der Waals surface area contributed by atoms with E-state index >= 15 is 0 Å². The number of likely N-dealkylation sites (tertiary alicyclic amines) is 1. The van der Waals surface area contributed by atoms with Gasteiger partial charge in [0, 0.05) is 25.3 Å². The largest absolute Gasteiger partial charge is 0.459 e. The summed E-state index contributed by atoms with van der Waals surface area (Å²) in [5, 5.41) is 0. The van der Waals surface area contributed by atoms with Crippen molar-refractivity contribution in [2.24, 2.45) is 0 Å². The molecule has 0 radical (unpaired) electrons. The summed E-state index contributed by atoms with van der Waals surface area (Å²) in [7, 11) is 0. The molecule has 4 nitrogen and oxygen atoms in total. The van der Waals surface area contributed by atoms with E-state index in [4.69, 9.17) is 10.5 Å². The number of rotatable bonds is 4. The first-order chi connectivity index (χ1) is 11.6. The molecule has 1 fully saturated rings. The van der Waals surface area contributed by atoms with Crippen LogP contribution < -0.4 is 5.73 Å². The molecule has 2 aromatic carbocycles. The second kappa shape index (κ2) is 8.88. The van der Waals surface area contributed by atoms with Crippen molar-refractivity contribution in [2.75, 3.05) is 18.8 Å². The van der Waals surface area contributed by atoms with Gasteiger partial charge < -0.3 is 10.5 Å². The third-order valence-corrected chi connectivity index (χ3v) is 4.48. The third-order valence-electron chi connectivity index (χ3n) is 4.48. The van der Waals surface area contributed by atoms with Crippen LogP contribution in [0.5, 0.6) is 0 Å². The van der Waals surface area contributed by atoms with Gasteiger partial charge in [-0.05, 0) is 43.0 Å². The minimum absolute atomic E-state index is 0. The molecule has 0 aliphatic carbocycles. The lowest BCUT2D eigenvalue weighted by molar-refractivity contribution is 0.0105. The van der Waals surface area contributed by atoms with Crippen LogP contribution in [0.2, 0.25) is 0 Å². The lowest BCUT2D eigenvalue weighted by Crippen LogP contribution is -2.37. The molecule has 2 aromatic rings. The lowest BCUT2D eigenvalue weighted by Gasteiger charge is -2.31.